The summed E-state index contributed by atoms with van der Waals surface area (Å²) >= 11 is 2.10. The third-order valence-corrected chi connectivity index (χ3v) is 5.68. The lowest BCUT2D eigenvalue weighted by molar-refractivity contribution is 0.133. The highest BCUT2D eigenvalue weighted by Gasteiger charge is 2.27. The van der Waals surface area contributed by atoms with Gasteiger partial charge in [0.05, 0.1) is 0 Å². The minimum Gasteiger partial charge on any atom is -0.329 e. The number of thioether (sulfide) groups is 1. The van der Waals surface area contributed by atoms with Crippen LogP contribution >= 0.6 is 11.8 Å². The van der Waals surface area contributed by atoms with Crippen LogP contribution in [0.3, 0.4) is 0 Å². The molecule has 0 bridgehead atoms. The summed E-state index contributed by atoms with van der Waals surface area (Å²) in [6.45, 7) is 4.47. The van der Waals surface area contributed by atoms with Gasteiger partial charge in [-0.15, -0.1) is 0 Å². The number of rotatable bonds is 4. The second kappa shape index (κ2) is 7.01. The summed E-state index contributed by atoms with van der Waals surface area (Å²) in [5, 5.41) is 0. The van der Waals surface area contributed by atoms with Crippen LogP contribution in [0.25, 0.3) is 0 Å². The largest absolute Gasteiger partial charge is 0.329 e. The van der Waals surface area contributed by atoms with E-state index in [1.165, 1.54) is 56.6 Å². The second-order valence-corrected chi connectivity index (χ2v) is 6.94. The van der Waals surface area contributed by atoms with Crippen LogP contribution in [0.5, 0.6) is 0 Å². The van der Waals surface area contributed by atoms with Crippen LogP contribution in [0, 0.1) is 5.92 Å². The minimum absolute atomic E-state index is 0.647. The van der Waals surface area contributed by atoms with Crippen LogP contribution in [0.2, 0.25) is 0 Å². The van der Waals surface area contributed by atoms with Gasteiger partial charge in [-0.25, -0.2) is 0 Å². The Kier molecular flexibility index (Phi) is 5.64. The fourth-order valence-corrected chi connectivity index (χ4v) is 4.50. The molecule has 1 saturated heterocycles. The molecule has 2 fully saturated rings. The topological polar surface area (TPSA) is 29.3 Å². The maximum Gasteiger partial charge on any atom is 0.0224 e. The Morgan fingerprint density at radius 2 is 2.06 bits per heavy atom. The summed E-state index contributed by atoms with van der Waals surface area (Å²) in [5.41, 5.74) is 6.03. The summed E-state index contributed by atoms with van der Waals surface area (Å²) < 4.78 is 0. The SMILES string of the molecule is CC1CSCCN1C(CN)CC1CCCCC1. The summed E-state index contributed by atoms with van der Waals surface area (Å²) in [5.74, 6) is 3.55. The van der Waals surface area contributed by atoms with E-state index >= 15 is 0 Å². The summed E-state index contributed by atoms with van der Waals surface area (Å²) in [6, 6.07) is 1.37. The number of hydrogen-bond acceptors (Lipinski definition) is 3. The summed E-state index contributed by atoms with van der Waals surface area (Å²) in [4.78, 5) is 2.69. The molecule has 2 aliphatic rings. The van der Waals surface area contributed by atoms with Gasteiger partial charge >= 0.3 is 0 Å². The van der Waals surface area contributed by atoms with E-state index in [1.54, 1.807) is 0 Å². The van der Waals surface area contributed by atoms with E-state index < -0.39 is 0 Å². The Morgan fingerprint density at radius 1 is 1.29 bits per heavy atom. The molecule has 0 spiro atoms. The number of nitrogens with two attached hydrogens (primary N) is 1. The molecule has 2 N–H and O–H groups in total. The zero-order valence-electron chi connectivity index (χ0n) is 11.2. The Labute approximate surface area is 111 Å². The molecule has 1 saturated carbocycles. The average Bonchev–Trinajstić information content (AvgIpc) is 2.38. The summed E-state index contributed by atoms with van der Waals surface area (Å²) in [7, 11) is 0. The molecule has 0 radical (unpaired) electrons. The molecule has 2 unspecified atom stereocenters. The first kappa shape index (κ1) is 13.7. The first-order chi connectivity index (χ1) is 8.31. The Bertz CT molecular complexity index is 216. The number of nitrogens with zero attached hydrogens (tertiary/aromatic N) is 1. The lowest BCUT2D eigenvalue weighted by Crippen LogP contribution is -2.50. The average molecular weight is 256 g/mol. The third-order valence-electron chi connectivity index (χ3n) is 4.49. The molecule has 0 aromatic carbocycles. The first-order valence-electron chi connectivity index (χ1n) is 7.35. The standard InChI is InChI=1S/C14H28N2S/c1-12-11-17-8-7-16(12)14(10-15)9-13-5-3-2-4-6-13/h12-14H,2-11,15H2,1H3. The molecular weight excluding hydrogens is 228 g/mol. The van der Waals surface area contributed by atoms with Crippen LogP contribution in [0.1, 0.15) is 45.4 Å². The molecule has 100 valence electrons. The third kappa shape index (κ3) is 3.87. The van der Waals surface area contributed by atoms with Crippen LogP contribution in [0.15, 0.2) is 0 Å². The lowest BCUT2D eigenvalue weighted by atomic mass is 9.84. The Morgan fingerprint density at radius 3 is 2.71 bits per heavy atom. The van der Waals surface area contributed by atoms with Crippen molar-refractivity contribution in [3.63, 3.8) is 0 Å². The van der Waals surface area contributed by atoms with Crippen molar-refractivity contribution in [2.75, 3.05) is 24.6 Å². The van der Waals surface area contributed by atoms with Gasteiger partial charge in [0.1, 0.15) is 0 Å². The van der Waals surface area contributed by atoms with Crippen molar-refractivity contribution in [2.24, 2.45) is 11.7 Å². The lowest BCUT2D eigenvalue weighted by Gasteiger charge is -2.40. The molecule has 17 heavy (non-hydrogen) atoms. The van der Waals surface area contributed by atoms with Crippen molar-refractivity contribution in [1.29, 1.82) is 0 Å². The van der Waals surface area contributed by atoms with E-state index in [0.717, 1.165) is 18.5 Å². The Balaban J connectivity index is 1.85. The van der Waals surface area contributed by atoms with Crippen molar-refractivity contribution in [1.82, 2.24) is 4.90 Å². The van der Waals surface area contributed by atoms with Gasteiger partial charge in [-0.05, 0) is 19.3 Å². The van der Waals surface area contributed by atoms with Crippen molar-refractivity contribution >= 4 is 11.8 Å². The maximum absolute atomic E-state index is 6.03. The molecule has 1 aliphatic carbocycles. The highest BCUT2D eigenvalue weighted by atomic mass is 32.2. The van der Waals surface area contributed by atoms with Crippen molar-refractivity contribution in [2.45, 2.75) is 57.5 Å². The molecule has 0 aromatic heterocycles. The molecule has 0 aromatic rings. The highest BCUT2D eigenvalue weighted by Crippen LogP contribution is 2.30. The van der Waals surface area contributed by atoms with Gasteiger partial charge in [0.25, 0.3) is 0 Å². The monoisotopic (exact) mass is 256 g/mol. The molecule has 2 nitrogen and oxygen atoms in total. The quantitative estimate of drug-likeness (QED) is 0.838. The predicted octanol–water partition coefficient (Wildman–Crippen LogP) is 2.72. The van der Waals surface area contributed by atoms with Crippen molar-refractivity contribution < 1.29 is 0 Å². The Hall–Kier alpha value is 0.270. The van der Waals surface area contributed by atoms with E-state index in [4.69, 9.17) is 5.73 Å². The summed E-state index contributed by atoms with van der Waals surface area (Å²) in [6.07, 6.45) is 8.62. The maximum atomic E-state index is 6.03. The van der Waals surface area contributed by atoms with E-state index in [-0.39, 0.29) is 0 Å². The smallest absolute Gasteiger partial charge is 0.0224 e. The predicted molar refractivity (Wildman–Crippen MR) is 77.5 cm³/mol. The van der Waals surface area contributed by atoms with Crippen LogP contribution in [-0.4, -0.2) is 41.6 Å². The van der Waals surface area contributed by atoms with Crippen molar-refractivity contribution in [3.8, 4) is 0 Å². The molecule has 2 rings (SSSR count). The van der Waals surface area contributed by atoms with Gasteiger partial charge in [-0.2, -0.15) is 11.8 Å². The van der Waals surface area contributed by atoms with Gasteiger partial charge in [-0.3, -0.25) is 4.90 Å². The molecule has 1 heterocycles. The van der Waals surface area contributed by atoms with E-state index in [0.29, 0.717) is 6.04 Å². The second-order valence-electron chi connectivity index (χ2n) is 5.79. The normalized spacial score (nSPS) is 30.4. The fraction of sp³-hybridized carbons (Fsp3) is 1.00. The molecule has 2 atom stereocenters. The van der Waals surface area contributed by atoms with E-state index in [1.807, 2.05) is 0 Å². The highest BCUT2D eigenvalue weighted by molar-refractivity contribution is 7.99. The number of hydrogen-bond donors (Lipinski definition) is 1. The van der Waals surface area contributed by atoms with Crippen LogP contribution < -0.4 is 5.73 Å². The molecule has 1 aliphatic heterocycles. The van der Waals surface area contributed by atoms with Crippen LogP contribution in [0.4, 0.5) is 0 Å². The van der Waals surface area contributed by atoms with E-state index in [2.05, 4.69) is 23.6 Å². The minimum atomic E-state index is 0.647. The van der Waals surface area contributed by atoms with Gasteiger partial charge in [0, 0.05) is 36.7 Å². The molecule has 0 amide bonds. The molecular formula is C14H28N2S. The van der Waals surface area contributed by atoms with Crippen molar-refractivity contribution in [3.05, 3.63) is 0 Å². The molecule has 3 heteroatoms. The zero-order chi connectivity index (χ0) is 12.1. The fourth-order valence-electron chi connectivity index (χ4n) is 3.46. The van der Waals surface area contributed by atoms with Gasteiger partial charge in [0.2, 0.25) is 0 Å². The zero-order valence-corrected chi connectivity index (χ0v) is 12.1. The first-order valence-corrected chi connectivity index (χ1v) is 8.50. The van der Waals surface area contributed by atoms with E-state index in [9.17, 15) is 0 Å². The van der Waals surface area contributed by atoms with Gasteiger partial charge in [0.15, 0.2) is 0 Å². The van der Waals surface area contributed by atoms with Crippen LogP contribution in [-0.2, 0) is 0 Å². The van der Waals surface area contributed by atoms with Gasteiger partial charge in [-0.1, -0.05) is 32.1 Å². The van der Waals surface area contributed by atoms with Gasteiger partial charge < -0.3 is 5.73 Å².